The summed E-state index contributed by atoms with van der Waals surface area (Å²) in [5.74, 6) is -3.97. The van der Waals surface area contributed by atoms with Gasteiger partial charge in [0, 0.05) is 17.4 Å². The molecule has 1 aromatic heterocycles. The maximum Gasteiger partial charge on any atom is 0.195 e. The summed E-state index contributed by atoms with van der Waals surface area (Å²) in [5.41, 5.74) is 7.83. The third-order valence-corrected chi connectivity index (χ3v) is 3.68. The average Bonchev–Trinajstić information content (AvgIpc) is 2.61. The topological polar surface area (TPSA) is 38.9 Å². The van der Waals surface area contributed by atoms with Crippen LogP contribution in [0.5, 0.6) is 0 Å². The molecule has 19 heavy (non-hydrogen) atoms. The van der Waals surface area contributed by atoms with E-state index in [-0.39, 0.29) is 16.6 Å². The fourth-order valence-corrected chi connectivity index (χ4v) is 2.70. The van der Waals surface area contributed by atoms with E-state index in [9.17, 15) is 13.2 Å². The second kappa shape index (κ2) is 4.40. The van der Waals surface area contributed by atoms with Gasteiger partial charge in [0.1, 0.15) is 0 Å². The Hall–Kier alpha value is -1.78. The Morgan fingerprint density at radius 3 is 2.53 bits per heavy atom. The molecule has 100 valence electrons. The summed E-state index contributed by atoms with van der Waals surface area (Å²) in [4.78, 5) is 4.27. The molecule has 5 heteroatoms. The Morgan fingerprint density at radius 2 is 1.74 bits per heavy atom. The summed E-state index contributed by atoms with van der Waals surface area (Å²) < 4.78 is 40.4. The smallest absolute Gasteiger partial charge is 0.195 e. The first-order valence-electron chi connectivity index (χ1n) is 6.34. The molecule has 0 bridgehead atoms. The van der Waals surface area contributed by atoms with Crippen molar-refractivity contribution in [2.24, 2.45) is 0 Å². The molecule has 0 atom stereocenters. The van der Waals surface area contributed by atoms with Gasteiger partial charge in [0.2, 0.25) is 0 Å². The summed E-state index contributed by atoms with van der Waals surface area (Å²) in [6.07, 6.45) is 4.45. The second-order valence-electron chi connectivity index (χ2n) is 4.89. The lowest BCUT2D eigenvalue weighted by atomic mass is 10.0. The highest BCUT2D eigenvalue weighted by Crippen LogP contribution is 2.33. The lowest BCUT2D eigenvalue weighted by Gasteiger charge is -2.13. The molecule has 1 aromatic carbocycles. The summed E-state index contributed by atoms with van der Waals surface area (Å²) in [6, 6.07) is 0.912. The Kier molecular flexibility index (Phi) is 2.84. The average molecular weight is 266 g/mol. The molecule has 1 aliphatic carbocycles. The van der Waals surface area contributed by atoms with Gasteiger partial charge in [-0.1, -0.05) is 6.42 Å². The van der Waals surface area contributed by atoms with Crippen molar-refractivity contribution in [2.45, 2.75) is 32.1 Å². The van der Waals surface area contributed by atoms with Gasteiger partial charge < -0.3 is 5.73 Å². The normalized spacial score (nSPS) is 15.3. The molecular weight excluding hydrogens is 253 g/mol. The van der Waals surface area contributed by atoms with Crippen LogP contribution >= 0.6 is 0 Å². The van der Waals surface area contributed by atoms with E-state index in [0.717, 1.165) is 43.0 Å². The van der Waals surface area contributed by atoms with Gasteiger partial charge in [0.05, 0.1) is 10.9 Å². The fourth-order valence-electron chi connectivity index (χ4n) is 2.70. The molecule has 0 aliphatic heterocycles. The van der Waals surface area contributed by atoms with Gasteiger partial charge in [-0.2, -0.15) is 0 Å². The number of anilines is 1. The SMILES string of the molecule is Nc1c2c(nc3cc(F)c(F)c(F)c13)CCCCC2. The highest BCUT2D eigenvalue weighted by Gasteiger charge is 2.21. The zero-order valence-electron chi connectivity index (χ0n) is 10.3. The predicted octanol–water partition coefficient (Wildman–Crippen LogP) is 3.50. The Morgan fingerprint density at radius 1 is 1.00 bits per heavy atom. The Labute approximate surface area is 108 Å². The van der Waals surface area contributed by atoms with Gasteiger partial charge in [-0.05, 0) is 31.2 Å². The van der Waals surface area contributed by atoms with Crippen molar-refractivity contribution in [3.05, 3.63) is 34.8 Å². The van der Waals surface area contributed by atoms with E-state index in [1.165, 1.54) is 0 Å². The molecule has 2 aromatic rings. The van der Waals surface area contributed by atoms with Crippen molar-refractivity contribution in [3.8, 4) is 0 Å². The molecule has 0 saturated carbocycles. The van der Waals surface area contributed by atoms with Crippen molar-refractivity contribution in [1.29, 1.82) is 0 Å². The van der Waals surface area contributed by atoms with Crippen LogP contribution in [0.3, 0.4) is 0 Å². The maximum absolute atomic E-state index is 13.9. The maximum atomic E-state index is 13.9. The van der Waals surface area contributed by atoms with Crippen LogP contribution in [-0.4, -0.2) is 4.98 Å². The van der Waals surface area contributed by atoms with Gasteiger partial charge in [0.25, 0.3) is 0 Å². The van der Waals surface area contributed by atoms with Crippen LogP contribution in [0.25, 0.3) is 10.9 Å². The quantitative estimate of drug-likeness (QED) is 0.585. The van der Waals surface area contributed by atoms with Crippen molar-refractivity contribution < 1.29 is 13.2 Å². The monoisotopic (exact) mass is 266 g/mol. The number of benzene rings is 1. The number of nitrogens with two attached hydrogens (primary N) is 1. The molecule has 0 saturated heterocycles. The van der Waals surface area contributed by atoms with Crippen molar-refractivity contribution >= 4 is 16.6 Å². The molecule has 1 aliphatic rings. The molecule has 0 spiro atoms. The molecule has 3 rings (SSSR count). The predicted molar refractivity (Wildman–Crippen MR) is 67.3 cm³/mol. The molecule has 0 amide bonds. The van der Waals surface area contributed by atoms with E-state index in [1.54, 1.807) is 0 Å². The van der Waals surface area contributed by atoms with Gasteiger partial charge in [-0.25, -0.2) is 13.2 Å². The van der Waals surface area contributed by atoms with Crippen LogP contribution in [0.2, 0.25) is 0 Å². The zero-order valence-corrected chi connectivity index (χ0v) is 10.3. The van der Waals surface area contributed by atoms with Crippen molar-refractivity contribution in [2.75, 3.05) is 5.73 Å². The van der Waals surface area contributed by atoms with Crippen LogP contribution in [0.4, 0.5) is 18.9 Å². The molecule has 2 N–H and O–H groups in total. The first-order chi connectivity index (χ1) is 9.09. The van der Waals surface area contributed by atoms with E-state index in [4.69, 9.17) is 5.73 Å². The van der Waals surface area contributed by atoms with Gasteiger partial charge in [0.15, 0.2) is 17.5 Å². The number of hydrogen-bond donors (Lipinski definition) is 1. The minimum Gasteiger partial charge on any atom is -0.398 e. The number of hydrogen-bond acceptors (Lipinski definition) is 2. The first kappa shape index (κ1) is 12.3. The van der Waals surface area contributed by atoms with E-state index in [2.05, 4.69) is 4.98 Å². The van der Waals surface area contributed by atoms with E-state index < -0.39 is 17.5 Å². The molecule has 2 nitrogen and oxygen atoms in total. The third kappa shape index (κ3) is 1.84. The van der Waals surface area contributed by atoms with Crippen LogP contribution in [0, 0.1) is 17.5 Å². The van der Waals surface area contributed by atoms with Crippen LogP contribution < -0.4 is 5.73 Å². The Bertz CT molecular complexity index is 668. The molecule has 1 heterocycles. The summed E-state index contributed by atoms with van der Waals surface area (Å²) >= 11 is 0. The number of fused-ring (bicyclic) bond motifs is 2. The molecule has 0 radical (unpaired) electrons. The number of rotatable bonds is 0. The van der Waals surface area contributed by atoms with Crippen molar-refractivity contribution in [1.82, 2.24) is 4.98 Å². The number of halogens is 3. The van der Waals surface area contributed by atoms with Crippen molar-refractivity contribution in [3.63, 3.8) is 0 Å². The van der Waals surface area contributed by atoms with Gasteiger partial charge >= 0.3 is 0 Å². The molecule has 0 fully saturated rings. The van der Waals surface area contributed by atoms with Crippen LogP contribution in [0.15, 0.2) is 6.07 Å². The Balaban J connectivity index is 2.38. The van der Waals surface area contributed by atoms with Crippen LogP contribution in [0.1, 0.15) is 30.5 Å². The standard InChI is InChI=1S/C14H13F3N2/c15-8-6-10-11(13(17)12(8)16)14(18)7-4-2-1-3-5-9(7)19-10/h6H,1-5H2,(H2,18,19). The first-order valence-corrected chi connectivity index (χ1v) is 6.34. The van der Waals surface area contributed by atoms with Gasteiger partial charge in [-0.3, -0.25) is 4.98 Å². The summed E-state index contributed by atoms with van der Waals surface area (Å²) in [6.45, 7) is 0. The number of aromatic nitrogens is 1. The lowest BCUT2D eigenvalue weighted by Crippen LogP contribution is -2.06. The second-order valence-corrected chi connectivity index (χ2v) is 4.89. The number of nitrogen functional groups attached to an aromatic ring is 1. The zero-order chi connectivity index (χ0) is 13.6. The van der Waals surface area contributed by atoms with E-state index in [1.807, 2.05) is 0 Å². The fraction of sp³-hybridized carbons (Fsp3) is 0.357. The largest absolute Gasteiger partial charge is 0.398 e. The summed E-state index contributed by atoms with van der Waals surface area (Å²) in [7, 11) is 0. The molecular formula is C14H13F3N2. The number of pyridine rings is 1. The lowest BCUT2D eigenvalue weighted by molar-refractivity contribution is 0.453. The highest BCUT2D eigenvalue weighted by molar-refractivity contribution is 5.93. The summed E-state index contributed by atoms with van der Waals surface area (Å²) in [5, 5.41) is -0.0976. The van der Waals surface area contributed by atoms with E-state index in [0.29, 0.717) is 6.42 Å². The highest BCUT2D eigenvalue weighted by atomic mass is 19.2. The number of nitrogens with zero attached hydrogens (tertiary/aromatic N) is 1. The third-order valence-electron chi connectivity index (χ3n) is 3.68. The van der Waals surface area contributed by atoms with Gasteiger partial charge in [-0.15, -0.1) is 0 Å². The molecule has 0 unspecified atom stereocenters. The van der Waals surface area contributed by atoms with Crippen LogP contribution in [-0.2, 0) is 12.8 Å². The van der Waals surface area contributed by atoms with E-state index >= 15 is 0 Å². The number of aryl methyl sites for hydroxylation is 1. The minimum atomic E-state index is -1.49. The minimum absolute atomic E-state index is 0.0922.